The standard InChI is InChI=1S/C14H21BrN2O/c1-11-2-3-13(15)8-12(11)9-14(18)10-17-6-4-16-5-7-17/h2-3,8,14,16,18H,4-7,9-10H2,1H3. The number of aliphatic hydroxyl groups is 1. The lowest BCUT2D eigenvalue weighted by Gasteiger charge is -2.29. The summed E-state index contributed by atoms with van der Waals surface area (Å²) in [6.45, 7) is 7.00. The molecule has 100 valence electrons. The molecule has 1 aliphatic heterocycles. The normalized spacial score (nSPS) is 18.8. The highest BCUT2D eigenvalue weighted by atomic mass is 79.9. The Balaban J connectivity index is 1.89. The average Bonchev–Trinajstić information content (AvgIpc) is 2.35. The van der Waals surface area contributed by atoms with Crippen molar-refractivity contribution in [2.24, 2.45) is 0 Å². The monoisotopic (exact) mass is 312 g/mol. The fourth-order valence-corrected chi connectivity index (χ4v) is 2.78. The van der Waals surface area contributed by atoms with Gasteiger partial charge in [0.2, 0.25) is 0 Å². The predicted molar refractivity (Wildman–Crippen MR) is 77.9 cm³/mol. The van der Waals surface area contributed by atoms with Crippen LogP contribution in [0.1, 0.15) is 11.1 Å². The lowest BCUT2D eigenvalue weighted by Crippen LogP contribution is -2.46. The SMILES string of the molecule is Cc1ccc(Br)cc1CC(O)CN1CCNCC1. The summed E-state index contributed by atoms with van der Waals surface area (Å²) >= 11 is 3.48. The smallest absolute Gasteiger partial charge is 0.0707 e. The molecule has 0 aromatic heterocycles. The lowest BCUT2D eigenvalue weighted by atomic mass is 10.0. The Hall–Kier alpha value is -0.420. The molecule has 0 radical (unpaired) electrons. The van der Waals surface area contributed by atoms with E-state index >= 15 is 0 Å². The van der Waals surface area contributed by atoms with Gasteiger partial charge in [0.15, 0.2) is 0 Å². The predicted octanol–water partition coefficient (Wildman–Crippen LogP) is 1.57. The number of aliphatic hydroxyl groups excluding tert-OH is 1. The molecule has 0 spiro atoms. The lowest BCUT2D eigenvalue weighted by molar-refractivity contribution is 0.105. The zero-order valence-corrected chi connectivity index (χ0v) is 12.4. The van der Waals surface area contributed by atoms with Crippen LogP contribution in [0.4, 0.5) is 0 Å². The molecule has 1 heterocycles. The van der Waals surface area contributed by atoms with Gasteiger partial charge in [0.1, 0.15) is 0 Å². The Bertz CT molecular complexity index is 391. The topological polar surface area (TPSA) is 35.5 Å². The van der Waals surface area contributed by atoms with E-state index in [0.717, 1.165) is 43.6 Å². The van der Waals surface area contributed by atoms with Crippen molar-refractivity contribution < 1.29 is 5.11 Å². The van der Waals surface area contributed by atoms with Crippen LogP contribution in [0.5, 0.6) is 0 Å². The van der Waals surface area contributed by atoms with Crippen LogP contribution in [0, 0.1) is 6.92 Å². The van der Waals surface area contributed by atoms with E-state index in [0.29, 0.717) is 0 Å². The van der Waals surface area contributed by atoms with Crippen LogP contribution < -0.4 is 5.32 Å². The second-order valence-corrected chi connectivity index (χ2v) is 5.90. The van der Waals surface area contributed by atoms with Gasteiger partial charge in [-0.15, -0.1) is 0 Å². The highest BCUT2D eigenvalue weighted by Crippen LogP contribution is 2.17. The molecule has 1 fully saturated rings. The molecular weight excluding hydrogens is 292 g/mol. The van der Waals surface area contributed by atoms with Gasteiger partial charge in [-0.1, -0.05) is 22.0 Å². The highest BCUT2D eigenvalue weighted by molar-refractivity contribution is 9.10. The van der Waals surface area contributed by atoms with Crippen LogP contribution in [0.15, 0.2) is 22.7 Å². The van der Waals surface area contributed by atoms with E-state index in [-0.39, 0.29) is 6.10 Å². The molecule has 1 saturated heterocycles. The largest absolute Gasteiger partial charge is 0.391 e. The van der Waals surface area contributed by atoms with Crippen LogP contribution in [-0.4, -0.2) is 48.8 Å². The van der Waals surface area contributed by atoms with Crippen molar-refractivity contribution in [3.05, 3.63) is 33.8 Å². The van der Waals surface area contributed by atoms with Crippen LogP contribution in [0.2, 0.25) is 0 Å². The Morgan fingerprint density at radius 3 is 2.83 bits per heavy atom. The molecule has 4 heteroatoms. The van der Waals surface area contributed by atoms with Crippen molar-refractivity contribution in [3.8, 4) is 0 Å². The summed E-state index contributed by atoms with van der Waals surface area (Å²) in [6.07, 6.45) is 0.450. The molecule has 1 unspecified atom stereocenters. The number of rotatable bonds is 4. The molecule has 2 rings (SSSR count). The summed E-state index contributed by atoms with van der Waals surface area (Å²) in [5, 5.41) is 13.5. The maximum Gasteiger partial charge on any atom is 0.0707 e. The van der Waals surface area contributed by atoms with E-state index in [1.807, 2.05) is 6.07 Å². The van der Waals surface area contributed by atoms with Crippen molar-refractivity contribution in [1.82, 2.24) is 10.2 Å². The molecule has 0 aliphatic carbocycles. The van der Waals surface area contributed by atoms with Gasteiger partial charge in [-0.3, -0.25) is 4.90 Å². The van der Waals surface area contributed by atoms with Gasteiger partial charge in [-0.25, -0.2) is 0 Å². The van der Waals surface area contributed by atoms with E-state index < -0.39 is 0 Å². The second kappa shape index (κ2) is 6.66. The van der Waals surface area contributed by atoms with Crippen LogP contribution in [-0.2, 0) is 6.42 Å². The number of benzene rings is 1. The zero-order valence-electron chi connectivity index (χ0n) is 10.8. The fourth-order valence-electron chi connectivity index (χ4n) is 2.37. The van der Waals surface area contributed by atoms with Crippen molar-refractivity contribution in [3.63, 3.8) is 0 Å². The number of hydrogen-bond acceptors (Lipinski definition) is 3. The number of halogens is 1. The summed E-state index contributed by atoms with van der Waals surface area (Å²) in [5.74, 6) is 0. The maximum absolute atomic E-state index is 10.2. The maximum atomic E-state index is 10.2. The number of β-amino-alcohol motifs (C(OH)–C–C–N with tert-alkyl or cyclic N) is 1. The van der Waals surface area contributed by atoms with Crippen molar-refractivity contribution in [1.29, 1.82) is 0 Å². The quantitative estimate of drug-likeness (QED) is 0.886. The first-order valence-corrected chi connectivity index (χ1v) is 7.30. The zero-order chi connectivity index (χ0) is 13.0. The molecule has 0 amide bonds. The average molecular weight is 313 g/mol. The van der Waals surface area contributed by atoms with Gasteiger partial charge < -0.3 is 10.4 Å². The van der Waals surface area contributed by atoms with Gasteiger partial charge in [0, 0.05) is 37.2 Å². The van der Waals surface area contributed by atoms with Crippen molar-refractivity contribution in [2.75, 3.05) is 32.7 Å². The molecule has 2 N–H and O–H groups in total. The highest BCUT2D eigenvalue weighted by Gasteiger charge is 2.15. The van der Waals surface area contributed by atoms with Gasteiger partial charge in [-0.2, -0.15) is 0 Å². The molecule has 18 heavy (non-hydrogen) atoms. The van der Waals surface area contributed by atoms with E-state index in [2.05, 4.69) is 45.2 Å². The third-order valence-corrected chi connectivity index (χ3v) is 3.94. The summed E-state index contributed by atoms with van der Waals surface area (Å²) in [4.78, 5) is 2.33. The minimum Gasteiger partial charge on any atom is -0.391 e. The molecular formula is C14H21BrN2O. The van der Waals surface area contributed by atoms with E-state index in [1.54, 1.807) is 0 Å². The molecule has 0 bridgehead atoms. The minimum absolute atomic E-state index is 0.281. The number of hydrogen-bond donors (Lipinski definition) is 2. The summed E-state index contributed by atoms with van der Waals surface area (Å²) in [7, 11) is 0. The first kappa shape index (κ1) is 14.0. The van der Waals surface area contributed by atoms with Gasteiger partial charge in [0.25, 0.3) is 0 Å². The Kier molecular flexibility index (Phi) is 5.18. The minimum atomic E-state index is -0.281. The van der Waals surface area contributed by atoms with Crippen molar-refractivity contribution >= 4 is 15.9 Å². The van der Waals surface area contributed by atoms with E-state index in [4.69, 9.17) is 0 Å². The van der Waals surface area contributed by atoms with Gasteiger partial charge >= 0.3 is 0 Å². The van der Waals surface area contributed by atoms with E-state index in [9.17, 15) is 5.11 Å². The first-order valence-electron chi connectivity index (χ1n) is 6.51. The third kappa shape index (κ3) is 4.05. The third-order valence-electron chi connectivity index (χ3n) is 3.45. The number of aryl methyl sites for hydroxylation is 1. The molecule has 3 nitrogen and oxygen atoms in total. The second-order valence-electron chi connectivity index (χ2n) is 4.98. The summed E-state index contributed by atoms with van der Waals surface area (Å²) in [6, 6.07) is 6.24. The van der Waals surface area contributed by atoms with Gasteiger partial charge in [0.05, 0.1) is 6.10 Å². The molecule has 1 atom stereocenters. The number of nitrogens with zero attached hydrogens (tertiary/aromatic N) is 1. The van der Waals surface area contributed by atoms with Gasteiger partial charge in [-0.05, 0) is 36.6 Å². The first-order chi connectivity index (χ1) is 8.65. The molecule has 1 aromatic carbocycles. The molecule has 0 saturated carbocycles. The van der Waals surface area contributed by atoms with E-state index in [1.165, 1.54) is 11.1 Å². The number of piperazine rings is 1. The Labute approximate surface area is 117 Å². The summed E-state index contributed by atoms with van der Waals surface area (Å²) < 4.78 is 1.08. The fraction of sp³-hybridized carbons (Fsp3) is 0.571. The summed E-state index contributed by atoms with van der Waals surface area (Å²) in [5.41, 5.74) is 2.48. The molecule has 1 aliphatic rings. The van der Waals surface area contributed by atoms with Crippen molar-refractivity contribution in [2.45, 2.75) is 19.4 Å². The number of nitrogens with one attached hydrogen (secondary N) is 1. The Morgan fingerprint density at radius 1 is 1.39 bits per heavy atom. The van der Waals surface area contributed by atoms with Crippen LogP contribution in [0.3, 0.4) is 0 Å². The van der Waals surface area contributed by atoms with Crippen LogP contribution in [0.25, 0.3) is 0 Å². The Morgan fingerprint density at radius 2 is 2.11 bits per heavy atom. The molecule has 1 aromatic rings. The van der Waals surface area contributed by atoms with Crippen LogP contribution >= 0.6 is 15.9 Å².